The highest BCUT2D eigenvalue weighted by Gasteiger charge is 2.18. The lowest BCUT2D eigenvalue weighted by atomic mass is 10.1. The highest BCUT2D eigenvalue weighted by atomic mass is 32.1. The number of aromatic nitrogens is 2. The third kappa shape index (κ3) is 5.55. The molecule has 0 saturated carbocycles. The quantitative estimate of drug-likeness (QED) is 0.341. The van der Waals surface area contributed by atoms with Crippen LogP contribution in [0.25, 0.3) is 21.5 Å². The minimum Gasteiger partial charge on any atom is -0.444 e. The Bertz CT molecular complexity index is 1180. The summed E-state index contributed by atoms with van der Waals surface area (Å²) in [5.74, 6) is 0. The minimum absolute atomic E-state index is 0.0356. The molecule has 7 heteroatoms. The number of aromatic amines is 1. The zero-order valence-electron chi connectivity index (χ0n) is 18.5. The number of hydrogen-bond acceptors (Lipinski definition) is 5. The molecule has 166 valence electrons. The summed E-state index contributed by atoms with van der Waals surface area (Å²) >= 11 is 1.76. The van der Waals surface area contributed by atoms with E-state index in [4.69, 9.17) is 4.74 Å². The molecule has 32 heavy (non-hydrogen) atoms. The van der Waals surface area contributed by atoms with E-state index in [-0.39, 0.29) is 6.04 Å². The molecular weight excluding hydrogens is 420 g/mol. The first-order chi connectivity index (χ1) is 15.4. The van der Waals surface area contributed by atoms with Crippen LogP contribution >= 0.6 is 11.3 Å². The molecule has 1 amide bonds. The molecule has 0 fully saturated rings. The summed E-state index contributed by atoms with van der Waals surface area (Å²) in [5.41, 5.74) is 2.67. The zero-order chi connectivity index (χ0) is 22.6. The van der Waals surface area contributed by atoms with E-state index in [2.05, 4.69) is 57.0 Å². The van der Waals surface area contributed by atoms with Gasteiger partial charge in [-0.1, -0.05) is 30.3 Å². The monoisotopic (exact) mass is 448 g/mol. The van der Waals surface area contributed by atoms with Crippen molar-refractivity contribution in [1.29, 1.82) is 0 Å². The van der Waals surface area contributed by atoms with Gasteiger partial charge < -0.3 is 20.4 Å². The minimum atomic E-state index is -0.523. The second kappa shape index (κ2) is 9.54. The summed E-state index contributed by atoms with van der Waals surface area (Å²) in [6.45, 7) is 6.71. The lowest BCUT2D eigenvalue weighted by Gasteiger charge is -2.23. The number of fused-ring (bicyclic) bond motifs is 1. The number of carbonyl (C=O) groups is 1. The van der Waals surface area contributed by atoms with Gasteiger partial charge in [-0.05, 0) is 50.6 Å². The van der Waals surface area contributed by atoms with Gasteiger partial charge in [-0.25, -0.2) is 9.78 Å². The number of nitrogens with zero attached hydrogens (tertiary/aromatic N) is 1. The van der Waals surface area contributed by atoms with Crippen molar-refractivity contribution in [2.75, 3.05) is 6.54 Å². The van der Waals surface area contributed by atoms with Crippen molar-refractivity contribution in [3.05, 3.63) is 77.4 Å². The summed E-state index contributed by atoms with van der Waals surface area (Å²) in [6, 6.07) is 18.5. The van der Waals surface area contributed by atoms with E-state index in [0.29, 0.717) is 13.1 Å². The van der Waals surface area contributed by atoms with Crippen LogP contribution in [0.15, 0.2) is 67.0 Å². The number of rotatable bonds is 7. The van der Waals surface area contributed by atoms with Gasteiger partial charge in [0.05, 0.1) is 6.04 Å². The van der Waals surface area contributed by atoms with E-state index in [0.717, 1.165) is 16.6 Å². The van der Waals surface area contributed by atoms with Gasteiger partial charge in [-0.3, -0.25) is 0 Å². The summed E-state index contributed by atoms with van der Waals surface area (Å²) in [5, 5.41) is 7.60. The van der Waals surface area contributed by atoms with E-state index in [1.165, 1.54) is 15.3 Å². The number of hydrogen-bond donors (Lipinski definition) is 3. The zero-order valence-corrected chi connectivity index (χ0v) is 19.3. The molecule has 4 aromatic rings. The molecule has 3 aromatic heterocycles. The van der Waals surface area contributed by atoms with Gasteiger partial charge in [0.15, 0.2) is 0 Å². The SMILES string of the molecule is CC(C)(C)OC(=O)NCC(NCc1ccc(-c2ccnc3[nH]ccc23)s1)c1ccccc1. The van der Waals surface area contributed by atoms with Crippen LogP contribution < -0.4 is 10.6 Å². The van der Waals surface area contributed by atoms with Crippen molar-refractivity contribution >= 4 is 28.5 Å². The lowest BCUT2D eigenvalue weighted by Crippen LogP contribution is -2.38. The van der Waals surface area contributed by atoms with Crippen LogP contribution in [0, 0.1) is 0 Å². The second-order valence-corrected chi connectivity index (χ2v) is 9.76. The molecule has 0 saturated heterocycles. The predicted molar refractivity (Wildman–Crippen MR) is 130 cm³/mol. The van der Waals surface area contributed by atoms with Crippen molar-refractivity contribution in [2.45, 2.75) is 39.0 Å². The van der Waals surface area contributed by atoms with Crippen LogP contribution in [0.1, 0.15) is 37.3 Å². The highest BCUT2D eigenvalue weighted by molar-refractivity contribution is 7.15. The summed E-state index contributed by atoms with van der Waals surface area (Å²) < 4.78 is 5.38. The van der Waals surface area contributed by atoms with Gasteiger partial charge in [0.1, 0.15) is 11.2 Å². The van der Waals surface area contributed by atoms with Gasteiger partial charge in [0, 0.05) is 46.2 Å². The van der Waals surface area contributed by atoms with Crippen LogP contribution in [0.4, 0.5) is 4.79 Å². The lowest BCUT2D eigenvalue weighted by molar-refractivity contribution is 0.0522. The summed E-state index contributed by atoms with van der Waals surface area (Å²) in [6.07, 6.45) is 3.34. The predicted octanol–water partition coefficient (Wildman–Crippen LogP) is 5.65. The molecule has 4 rings (SSSR count). The molecule has 0 aliphatic rings. The number of carbonyl (C=O) groups excluding carboxylic acids is 1. The number of ether oxygens (including phenoxy) is 1. The Labute approximate surface area is 192 Å². The van der Waals surface area contributed by atoms with Crippen molar-refractivity contribution in [2.24, 2.45) is 0 Å². The first-order valence-corrected chi connectivity index (χ1v) is 11.5. The van der Waals surface area contributed by atoms with Crippen molar-refractivity contribution in [1.82, 2.24) is 20.6 Å². The third-order valence-corrected chi connectivity index (χ3v) is 6.08. The number of benzene rings is 1. The second-order valence-electron chi connectivity index (χ2n) is 8.59. The van der Waals surface area contributed by atoms with Gasteiger partial charge in [0.2, 0.25) is 0 Å². The maximum atomic E-state index is 12.1. The highest BCUT2D eigenvalue weighted by Crippen LogP contribution is 2.32. The number of pyridine rings is 1. The maximum Gasteiger partial charge on any atom is 0.407 e. The average Bonchev–Trinajstić information content (AvgIpc) is 3.42. The summed E-state index contributed by atoms with van der Waals surface area (Å²) in [7, 11) is 0. The fraction of sp³-hybridized carbons (Fsp3) is 0.280. The van der Waals surface area contributed by atoms with Crippen LogP contribution in [-0.2, 0) is 11.3 Å². The van der Waals surface area contributed by atoms with E-state index in [1.54, 1.807) is 11.3 Å². The van der Waals surface area contributed by atoms with E-state index >= 15 is 0 Å². The topological polar surface area (TPSA) is 79.0 Å². The van der Waals surface area contributed by atoms with Crippen molar-refractivity contribution in [3.8, 4) is 10.4 Å². The molecule has 0 bridgehead atoms. The van der Waals surface area contributed by atoms with Gasteiger partial charge in [-0.15, -0.1) is 11.3 Å². The Balaban J connectivity index is 1.44. The molecule has 3 N–H and O–H groups in total. The van der Waals surface area contributed by atoms with Gasteiger partial charge in [0.25, 0.3) is 0 Å². The smallest absolute Gasteiger partial charge is 0.407 e. The first kappa shape index (κ1) is 22.0. The molecule has 0 radical (unpaired) electrons. The van der Waals surface area contributed by atoms with Gasteiger partial charge >= 0.3 is 6.09 Å². The molecule has 0 aliphatic carbocycles. The molecule has 1 unspecified atom stereocenters. The van der Waals surface area contributed by atoms with Crippen molar-refractivity contribution in [3.63, 3.8) is 0 Å². The third-order valence-electron chi connectivity index (χ3n) is 4.96. The van der Waals surface area contributed by atoms with Gasteiger partial charge in [-0.2, -0.15) is 0 Å². The van der Waals surface area contributed by atoms with Crippen LogP contribution in [0.5, 0.6) is 0 Å². The Hall–Kier alpha value is -3.16. The standard InChI is InChI=1S/C25H28N4O2S/c1-25(2,3)31-24(30)29-16-21(17-7-5-4-6-8-17)28-15-18-9-10-22(32-18)19-11-13-26-23-20(19)12-14-27-23/h4-14,21,28H,15-16H2,1-3H3,(H,26,27)(H,29,30). The fourth-order valence-electron chi connectivity index (χ4n) is 3.51. The van der Waals surface area contributed by atoms with E-state index < -0.39 is 11.7 Å². The van der Waals surface area contributed by atoms with E-state index in [1.807, 2.05) is 51.4 Å². The number of nitrogens with one attached hydrogen (secondary N) is 3. The molecule has 1 atom stereocenters. The Morgan fingerprint density at radius 3 is 2.72 bits per heavy atom. The molecule has 3 heterocycles. The molecule has 6 nitrogen and oxygen atoms in total. The van der Waals surface area contributed by atoms with Crippen LogP contribution in [-0.4, -0.2) is 28.2 Å². The number of amides is 1. The molecular formula is C25H28N4O2S. The fourth-order valence-corrected chi connectivity index (χ4v) is 4.51. The van der Waals surface area contributed by atoms with Crippen molar-refractivity contribution < 1.29 is 9.53 Å². The Kier molecular flexibility index (Phi) is 6.58. The molecule has 0 spiro atoms. The maximum absolute atomic E-state index is 12.1. The average molecular weight is 449 g/mol. The number of alkyl carbamates (subject to hydrolysis) is 1. The number of H-pyrrole nitrogens is 1. The van der Waals surface area contributed by atoms with Crippen LogP contribution in [0.2, 0.25) is 0 Å². The molecule has 0 aliphatic heterocycles. The Morgan fingerprint density at radius 2 is 1.94 bits per heavy atom. The van der Waals surface area contributed by atoms with E-state index in [9.17, 15) is 4.79 Å². The Morgan fingerprint density at radius 1 is 1.12 bits per heavy atom. The van der Waals surface area contributed by atoms with Crippen LogP contribution in [0.3, 0.4) is 0 Å². The normalized spacial score (nSPS) is 12.6. The first-order valence-electron chi connectivity index (χ1n) is 10.7. The largest absolute Gasteiger partial charge is 0.444 e. The molecule has 1 aromatic carbocycles. The number of thiophene rings is 1. The summed E-state index contributed by atoms with van der Waals surface area (Å²) in [4.78, 5) is 22.1.